The van der Waals surface area contributed by atoms with Gasteiger partial charge in [0.15, 0.2) is 5.15 Å². The number of rotatable bonds is 2. The molecule has 0 aliphatic carbocycles. The van der Waals surface area contributed by atoms with Gasteiger partial charge in [-0.15, -0.1) is 0 Å². The lowest BCUT2D eigenvalue weighted by Gasteiger charge is -2.11. The first-order valence-corrected chi connectivity index (χ1v) is 6.16. The Balaban J connectivity index is 2.34. The molecule has 1 amide bonds. The van der Waals surface area contributed by atoms with Gasteiger partial charge in [-0.1, -0.05) is 23.7 Å². The molecule has 1 heterocycles. The highest BCUT2D eigenvalue weighted by atomic mass is 35.5. The number of nitrogens with zero attached hydrogens (tertiary/aromatic N) is 1. The Bertz CT molecular complexity index is 620. The quantitative estimate of drug-likeness (QED) is 0.653. The maximum absolute atomic E-state index is 12.2. The van der Waals surface area contributed by atoms with Crippen LogP contribution in [0.25, 0.3) is 0 Å². The minimum absolute atomic E-state index is 0.263. The Labute approximate surface area is 116 Å². The first-order chi connectivity index (χ1) is 9.00. The predicted octanol–water partition coefficient (Wildman–Crippen LogP) is 3.19. The molecule has 0 bridgehead atoms. The highest BCUT2D eigenvalue weighted by Gasteiger charge is 2.14. The summed E-state index contributed by atoms with van der Waals surface area (Å²) >= 11 is 5.98. The molecule has 0 spiro atoms. The monoisotopic (exact) mass is 275 g/mol. The molecule has 98 valence electrons. The van der Waals surface area contributed by atoms with E-state index in [4.69, 9.17) is 17.3 Å². The van der Waals surface area contributed by atoms with E-state index in [0.29, 0.717) is 16.9 Å². The summed E-state index contributed by atoms with van der Waals surface area (Å²) in [5, 5.41) is 3.01. The Kier molecular flexibility index (Phi) is 3.71. The zero-order valence-corrected chi connectivity index (χ0v) is 11.5. The van der Waals surface area contributed by atoms with Crippen molar-refractivity contribution in [1.82, 2.24) is 4.98 Å². The SMILES string of the molecule is Cc1cccc(C(=O)Nc2c(C)ccnc2Cl)c1N. The molecular formula is C14H14ClN3O. The molecule has 0 atom stereocenters. The van der Waals surface area contributed by atoms with Crippen LogP contribution >= 0.6 is 11.6 Å². The minimum atomic E-state index is -0.292. The Morgan fingerprint density at radius 1 is 1.26 bits per heavy atom. The van der Waals surface area contributed by atoms with E-state index in [9.17, 15) is 4.79 Å². The van der Waals surface area contributed by atoms with Crippen LogP contribution in [-0.2, 0) is 0 Å². The Morgan fingerprint density at radius 2 is 2.00 bits per heavy atom. The highest BCUT2D eigenvalue weighted by molar-refractivity contribution is 6.33. The lowest BCUT2D eigenvalue weighted by atomic mass is 10.1. The molecule has 0 aliphatic rings. The number of benzene rings is 1. The van der Waals surface area contributed by atoms with Gasteiger partial charge in [0, 0.05) is 11.9 Å². The van der Waals surface area contributed by atoms with E-state index in [1.807, 2.05) is 19.9 Å². The number of carbonyl (C=O) groups excluding carboxylic acids is 1. The average molecular weight is 276 g/mol. The van der Waals surface area contributed by atoms with Crippen molar-refractivity contribution in [3.8, 4) is 0 Å². The van der Waals surface area contributed by atoms with Gasteiger partial charge in [0.05, 0.1) is 11.3 Å². The fourth-order valence-electron chi connectivity index (χ4n) is 1.73. The van der Waals surface area contributed by atoms with Crippen LogP contribution in [0.15, 0.2) is 30.5 Å². The topological polar surface area (TPSA) is 68.0 Å². The van der Waals surface area contributed by atoms with Crippen LogP contribution in [0, 0.1) is 13.8 Å². The first kappa shape index (κ1) is 13.4. The van der Waals surface area contributed by atoms with E-state index in [1.165, 1.54) is 0 Å². The molecule has 0 aliphatic heterocycles. The summed E-state index contributed by atoms with van der Waals surface area (Å²) in [6, 6.07) is 7.10. The molecule has 0 saturated heterocycles. The van der Waals surface area contributed by atoms with E-state index >= 15 is 0 Å². The van der Waals surface area contributed by atoms with Crippen LogP contribution in [0.2, 0.25) is 5.15 Å². The third-order valence-corrected chi connectivity index (χ3v) is 3.21. The molecule has 0 saturated carbocycles. The zero-order chi connectivity index (χ0) is 14.0. The third-order valence-electron chi connectivity index (χ3n) is 2.92. The molecule has 5 heteroatoms. The summed E-state index contributed by atoms with van der Waals surface area (Å²) in [4.78, 5) is 16.2. The summed E-state index contributed by atoms with van der Waals surface area (Å²) in [5.41, 5.74) is 9.02. The summed E-state index contributed by atoms with van der Waals surface area (Å²) in [7, 11) is 0. The van der Waals surface area contributed by atoms with E-state index < -0.39 is 0 Å². The molecule has 1 aromatic carbocycles. The van der Waals surface area contributed by atoms with Gasteiger partial charge in [-0.25, -0.2) is 4.98 Å². The number of hydrogen-bond acceptors (Lipinski definition) is 3. The number of amides is 1. The van der Waals surface area contributed by atoms with Gasteiger partial charge in [-0.3, -0.25) is 4.79 Å². The summed E-state index contributed by atoms with van der Waals surface area (Å²) in [5.74, 6) is -0.292. The van der Waals surface area contributed by atoms with Gasteiger partial charge in [0.1, 0.15) is 0 Å². The second-order valence-corrected chi connectivity index (χ2v) is 4.64. The van der Waals surface area contributed by atoms with Gasteiger partial charge in [0.25, 0.3) is 5.91 Å². The van der Waals surface area contributed by atoms with Crippen molar-refractivity contribution in [3.63, 3.8) is 0 Å². The number of nitrogens with one attached hydrogen (secondary N) is 1. The van der Waals surface area contributed by atoms with Crippen LogP contribution < -0.4 is 11.1 Å². The summed E-state index contributed by atoms with van der Waals surface area (Å²) in [6.07, 6.45) is 1.59. The predicted molar refractivity (Wildman–Crippen MR) is 77.5 cm³/mol. The lowest BCUT2D eigenvalue weighted by Crippen LogP contribution is -2.15. The zero-order valence-electron chi connectivity index (χ0n) is 10.7. The van der Waals surface area contributed by atoms with E-state index in [-0.39, 0.29) is 11.1 Å². The average Bonchev–Trinajstić information content (AvgIpc) is 2.37. The summed E-state index contributed by atoms with van der Waals surface area (Å²) in [6.45, 7) is 3.71. The number of hydrogen-bond donors (Lipinski definition) is 2. The number of anilines is 2. The van der Waals surface area contributed by atoms with Crippen LogP contribution in [0.3, 0.4) is 0 Å². The number of pyridine rings is 1. The van der Waals surface area contributed by atoms with Crippen LogP contribution in [0.4, 0.5) is 11.4 Å². The highest BCUT2D eigenvalue weighted by Crippen LogP contribution is 2.25. The van der Waals surface area contributed by atoms with E-state index in [1.54, 1.807) is 24.4 Å². The van der Waals surface area contributed by atoms with Crippen molar-refractivity contribution < 1.29 is 4.79 Å². The third kappa shape index (κ3) is 2.69. The van der Waals surface area contributed by atoms with Crippen molar-refractivity contribution in [1.29, 1.82) is 0 Å². The maximum Gasteiger partial charge on any atom is 0.257 e. The van der Waals surface area contributed by atoms with Gasteiger partial charge in [-0.05, 0) is 37.1 Å². The van der Waals surface area contributed by atoms with Gasteiger partial charge < -0.3 is 11.1 Å². The number of para-hydroxylation sites is 1. The molecule has 0 radical (unpaired) electrons. The molecule has 19 heavy (non-hydrogen) atoms. The van der Waals surface area contributed by atoms with Crippen molar-refractivity contribution in [2.45, 2.75) is 13.8 Å². The fourth-order valence-corrected chi connectivity index (χ4v) is 1.99. The fraction of sp³-hybridized carbons (Fsp3) is 0.143. The molecule has 0 unspecified atom stereocenters. The number of nitrogens with two attached hydrogens (primary N) is 1. The Hall–Kier alpha value is -2.07. The van der Waals surface area contributed by atoms with Crippen molar-refractivity contribution in [3.05, 3.63) is 52.3 Å². The normalized spacial score (nSPS) is 10.3. The van der Waals surface area contributed by atoms with Gasteiger partial charge in [0.2, 0.25) is 0 Å². The van der Waals surface area contributed by atoms with Crippen LogP contribution in [0.1, 0.15) is 21.5 Å². The molecule has 1 aromatic heterocycles. The van der Waals surface area contributed by atoms with Gasteiger partial charge >= 0.3 is 0 Å². The van der Waals surface area contributed by atoms with Crippen molar-refractivity contribution in [2.75, 3.05) is 11.1 Å². The molecule has 3 N–H and O–H groups in total. The van der Waals surface area contributed by atoms with Gasteiger partial charge in [-0.2, -0.15) is 0 Å². The van der Waals surface area contributed by atoms with E-state index in [0.717, 1.165) is 11.1 Å². The largest absolute Gasteiger partial charge is 0.398 e. The van der Waals surface area contributed by atoms with Crippen molar-refractivity contribution >= 4 is 28.9 Å². The smallest absolute Gasteiger partial charge is 0.257 e. The Morgan fingerprint density at radius 3 is 2.68 bits per heavy atom. The lowest BCUT2D eigenvalue weighted by molar-refractivity contribution is 0.102. The minimum Gasteiger partial charge on any atom is -0.398 e. The van der Waals surface area contributed by atoms with E-state index in [2.05, 4.69) is 10.3 Å². The molecule has 4 nitrogen and oxygen atoms in total. The van der Waals surface area contributed by atoms with Crippen LogP contribution in [-0.4, -0.2) is 10.9 Å². The van der Waals surface area contributed by atoms with Crippen LogP contribution in [0.5, 0.6) is 0 Å². The number of aromatic nitrogens is 1. The second-order valence-electron chi connectivity index (χ2n) is 4.28. The number of carbonyl (C=O) groups is 1. The number of nitrogen functional groups attached to an aromatic ring is 1. The molecule has 2 rings (SSSR count). The second kappa shape index (κ2) is 5.28. The van der Waals surface area contributed by atoms with Crippen molar-refractivity contribution in [2.24, 2.45) is 0 Å². The summed E-state index contributed by atoms with van der Waals surface area (Å²) < 4.78 is 0. The number of halogens is 1. The molecule has 2 aromatic rings. The molecule has 0 fully saturated rings. The standard InChI is InChI=1S/C14H14ClN3O/c1-8-4-3-5-10(11(8)16)14(19)18-12-9(2)6-7-17-13(12)15/h3-7H,16H2,1-2H3,(H,18,19). The first-order valence-electron chi connectivity index (χ1n) is 5.78. The maximum atomic E-state index is 12.2. The number of aryl methyl sites for hydroxylation is 2. The molecular weight excluding hydrogens is 262 g/mol.